The molecule has 1 aromatic heterocycles. The first-order valence-corrected chi connectivity index (χ1v) is 8.66. The molecule has 20 heavy (non-hydrogen) atoms. The highest BCUT2D eigenvalue weighted by Crippen LogP contribution is 2.35. The zero-order chi connectivity index (χ0) is 14.8. The summed E-state index contributed by atoms with van der Waals surface area (Å²) < 4.78 is 27.1. The second kappa shape index (κ2) is 5.80. The smallest absolute Gasteiger partial charge is 0.245 e. The van der Waals surface area contributed by atoms with Crippen molar-refractivity contribution in [3.63, 3.8) is 0 Å². The van der Waals surface area contributed by atoms with Crippen molar-refractivity contribution in [3.05, 3.63) is 22.9 Å². The number of nitrogens with zero attached hydrogens (tertiary/aromatic N) is 3. The molecule has 0 spiro atoms. The Morgan fingerprint density at radius 3 is 2.55 bits per heavy atom. The third-order valence-electron chi connectivity index (χ3n) is 3.83. The molecule has 1 aliphatic rings. The molecule has 1 fully saturated rings. The van der Waals surface area contributed by atoms with E-state index in [1.807, 2.05) is 0 Å². The van der Waals surface area contributed by atoms with E-state index in [0.29, 0.717) is 17.3 Å². The highest BCUT2D eigenvalue weighted by Gasteiger charge is 2.42. The summed E-state index contributed by atoms with van der Waals surface area (Å²) in [6.07, 6.45) is 6.82. The van der Waals surface area contributed by atoms with Crippen LogP contribution < -0.4 is 0 Å². The summed E-state index contributed by atoms with van der Waals surface area (Å²) in [5, 5.41) is 9.50. The normalized spacial score (nSPS) is 18.7. The average molecular weight is 358 g/mol. The maximum Gasteiger partial charge on any atom is 0.245 e. The van der Waals surface area contributed by atoms with Gasteiger partial charge in [-0.05, 0) is 34.8 Å². The minimum atomic E-state index is -3.71. The molecule has 0 unspecified atom stereocenters. The highest BCUT2D eigenvalue weighted by molar-refractivity contribution is 9.10. The van der Waals surface area contributed by atoms with Gasteiger partial charge in [0.05, 0.1) is 6.07 Å². The van der Waals surface area contributed by atoms with Gasteiger partial charge in [-0.1, -0.05) is 19.3 Å². The van der Waals surface area contributed by atoms with Gasteiger partial charge in [-0.2, -0.15) is 9.57 Å². The third-order valence-corrected chi connectivity index (χ3v) is 6.15. The molecule has 1 heterocycles. The third kappa shape index (κ3) is 2.73. The van der Waals surface area contributed by atoms with Gasteiger partial charge in [0.2, 0.25) is 10.0 Å². The molecular formula is C13H16BrN3O2S. The first kappa shape index (κ1) is 15.4. The van der Waals surface area contributed by atoms with Gasteiger partial charge >= 0.3 is 0 Å². The van der Waals surface area contributed by atoms with Gasteiger partial charge in [0.15, 0.2) is 0 Å². The van der Waals surface area contributed by atoms with Crippen molar-refractivity contribution in [3.8, 4) is 6.07 Å². The fourth-order valence-electron chi connectivity index (χ4n) is 2.56. The number of sulfonamides is 1. The van der Waals surface area contributed by atoms with Gasteiger partial charge < -0.3 is 0 Å². The van der Waals surface area contributed by atoms with E-state index in [1.54, 1.807) is 0 Å². The number of halogens is 1. The van der Waals surface area contributed by atoms with E-state index in [-0.39, 0.29) is 4.90 Å². The quantitative estimate of drug-likeness (QED) is 0.833. The van der Waals surface area contributed by atoms with Crippen molar-refractivity contribution in [2.24, 2.45) is 0 Å². The Hall–Kier alpha value is -0.970. The van der Waals surface area contributed by atoms with Crippen molar-refractivity contribution in [1.29, 1.82) is 5.26 Å². The van der Waals surface area contributed by atoms with E-state index in [1.165, 1.54) is 29.8 Å². The van der Waals surface area contributed by atoms with Crippen LogP contribution in [0.4, 0.5) is 0 Å². The topological polar surface area (TPSA) is 74.1 Å². The number of rotatable bonds is 3. The fourth-order valence-corrected chi connectivity index (χ4v) is 4.54. The first-order chi connectivity index (χ1) is 9.42. The average Bonchev–Trinajstić information content (AvgIpc) is 2.47. The molecule has 7 heteroatoms. The Bertz CT molecular complexity index is 633. The molecular weight excluding hydrogens is 342 g/mol. The van der Waals surface area contributed by atoms with Crippen molar-refractivity contribution < 1.29 is 8.42 Å². The van der Waals surface area contributed by atoms with Gasteiger partial charge in [0.1, 0.15) is 10.4 Å². The Balaban J connectivity index is 2.41. The van der Waals surface area contributed by atoms with Crippen LogP contribution in [0.15, 0.2) is 27.8 Å². The van der Waals surface area contributed by atoms with Crippen molar-refractivity contribution >= 4 is 26.0 Å². The minimum Gasteiger partial charge on any atom is -0.262 e. The molecule has 0 amide bonds. The van der Waals surface area contributed by atoms with Crippen LogP contribution >= 0.6 is 15.9 Å². The molecule has 108 valence electrons. The molecule has 0 N–H and O–H groups in total. The lowest BCUT2D eigenvalue weighted by Gasteiger charge is -2.37. The predicted octanol–water partition coefficient (Wildman–Crippen LogP) is 2.69. The van der Waals surface area contributed by atoms with Crippen LogP contribution in [0.3, 0.4) is 0 Å². The summed E-state index contributed by atoms with van der Waals surface area (Å²) in [5.41, 5.74) is -0.931. The van der Waals surface area contributed by atoms with Crippen molar-refractivity contribution in [1.82, 2.24) is 9.29 Å². The molecule has 5 nitrogen and oxygen atoms in total. The number of aromatic nitrogens is 1. The Morgan fingerprint density at radius 1 is 1.35 bits per heavy atom. The number of hydrogen-bond acceptors (Lipinski definition) is 4. The molecule has 1 saturated carbocycles. The summed E-state index contributed by atoms with van der Waals surface area (Å²) in [7, 11) is -2.22. The van der Waals surface area contributed by atoms with Gasteiger partial charge in [-0.3, -0.25) is 4.98 Å². The Morgan fingerprint density at radius 2 is 2.00 bits per heavy atom. The molecule has 0 saturated heterocycles. The summed E-state index contributed by atoms with van der Waals surface area (Å²) in [6.45, 7) is 0. The largest absolute Gasteiger partial charge is 0.262 e. The van der Waals surface area contributed by atoms with Gasteiger partial charge in [-0.15, -0.1) is 0 Å². The number of pyridine rings is 1. The second-order valence-corrected chi connectivity index (χ2v) is 7.90. The summed E-state index contributed by atoms with van der Waals surface area (Å²) >= 11 is 3.22. The minimum absolute atomic E-state index is 0.106. The highest BCUT2D eigenvalue weighted by atomic mass is 79.9. The van der Waals surface area contributed by atoms with Crippen molar-refractivity contribution in [2.45, 2.75) is 42.5 Å². The van der Waals surface area contributed by atoms with Gasteiger partial charge in [-0.25, -0.2) is 8.42 Å². The second-order valence-electron chi connectivity index (χ2n) is 5.02. The van der Waals surface area contributed by atoms with Crippen LogP contribution in [0.1, 0.15) is 32.1 Å². The van der Waals surface area contributed by atoms with E-state index in [9.17, 15) is 13.7 Å². The van der Waals surface area contributed by atoms with Crippen LogP contribution in [-0.4, -0.2) is 30.3 Å². The van der Waals surface area contributed by atoms with Crippen LogP contribution in [-0.2, 0) is 10.0 Å². The molecule has 0 aliphatic heterocycles. The lowest BCUT2D eigenvalue weighted by Crippen LogP contribution is -2.49. The molecule has 0 aromatic carbocycles. The zero-order valence-electron chi connectivity index (χ0n) is 11.2. The van der Waals surface area contributed by atoms with Crippen LogP contribution in [0.25, 0.3) is 0 Å². The summed E-state index contributed by atoms with van der Waals surface area (Å²) in [6, 6.07) is 3.73. The molecule has 1 aliphatic carbocycles. The maximum absolute atomic E-state index is 12.7. The predicted molar refractivity (Wildman–Crippen MR) is 78.3 cm³/mol. The molecule has 1 aromatic rings. The van der Waals surface area contributed by atoms with E-state index in [0.717, 1.165) is 19.3 Å². The molecule has 0 bridgehead atoms. The van der Waals surface area contributed by atoms with Crippen LogP contribution in [0.2, 0.25) is 0 Å². The van der Waals surface area contributed by atoms with E-state index >= 15 is 0 Å². The zero-order valence-corrected chi connectivity index (χ0v) is 13.6. The fraction of sp³-hybridized carbons (Fsp3) is 0.538. The Kier molecular flexibility index (Phi) is 4.47. The lowest BCUT2D eigenvalue weighted by molar-refractivity contribution is 0.212. The monoisotopic (exact) mass is 357 g/mol. The van der Waals surface area contributed by atoms with Crippen LogP contribution in [0.5, 0.6) is 0 Å². The van der Waals surface area contributed by atoms with Gasteiger partial charge in [0.25, 0.3) is 0 Å². The van der Waals surface area contributed by atoms with E-state index < -0.39 is 15.6 Å². The lowest BCUT2D eigenvalue weighted by atomic mass is 9.83. The van der Waals surface area contributed by atoms with E-state index in [2.05, 4.69) is 27.0 Å². The first-order valence-electron chi connectivity index (χ1n) is 6.43. The molecule has 2 rings (SSSR count). The standard InChI is InChI=1S/C13H16BrN3O2S/c1-17(13(10-15)5-3-2-4-6-13)20(18,19)12-7-11(14)8-16-9-12/h7-9H,2-6H2,1H3. The van der Waals surface area contributed by atoms with Gasteiger partial charge in [0, 0.05) is 23.9 Å². The summed E-state index contributed by atoms with van der Waals surface area (Å²) in [4.78, 5) is 4.00. The van der Waals surface area contributed by atoms with Crippen molar-refractivity contribution in [2.75, 3.05) is 7.05 Å². The maximum atomic E-state index is 12.7. The van der Waals surface area contributed by atoms with Crippen LogP contribution in [0, 0.1) is 11.3 Å². The number of hydrogen-bond donors (Lipinski definition) is 0. The number of nitriles is 1. The summed E-state index contributed by atoms with van der Waals surface area (Å²) in [5.74, 6) is 0. The molecule has 0 radical (unpaired) electrons. The SMILES string of the molecule is CN(C1(C#N)CCCCC1)S(=O)(=O)c1cncc(Br)c1. The Labute approximate surface area is 127 Å². The molecule has 0 atom stereocenters. The van der Waals surface area contributed by atoms with E-state index in [4.69, 9.17) is 0 Å².